The van der Waals surface area contributed by atoms with Gasteiger partial charge < -0.3 is 25.4 Å². The molecule has 3 N–H and O–H groups in total. The third kappa shape index (κ3) is 9.32. The second-order valence-electron chi connectivity index (χ2n) is 9.56. The molecule has 3 amide bonds. The van der Waals surface area contributed by atoms with Crippen molar-refractivity contribution in [3.63, 3.8) is 0 Å². The van der Waals surface area contributed by atoms with Crippen molar-refractivity contribution in [1.82, 2.24) is 15.5 Å². The molecule has 0 aliphatic rings. The maximum absolute atomic E-state index is 13.7. The molecule has 1 aromatic carbocycles. The number of hydrogen-bond acceptors (Lipinski definition) is 5. The zero-order chi connectivity index (χ0) is 25.2. The van der Waals surface area contributed by atoms with E-state index in [9.17, 15) is 19.5 Å². The van der Waals surface area contributed by atoms with Crippen molar-refractivity contribution in [2.24, 2.45) is 5.92 Å². The first-order valence-corrected chi connectivity index (χ1v) is 11.8. The van der Waals surface area contributed by atoms with Gasteiger partial charge in [0.1, 0.15) is 23.4 Å². The minimum atomic E-state index is -1.03. The Bertz CT molecular complexity index is 788. The Morgan fingerprint density at radius 2 is 1.76 bits per heavy atom. The zero-order valence-corrected chi connectivity index (χ0v) is 21.1. The summed E-state index contributed by atoms with van der Waals surface area (Å²) in [6, 6.07) is 4.59. The first-order valence-electron chi connectivity index (χ1n) is 11.8. The van der Waals surface area contributed by atoms with E-state index in [2.05, 4.69) is 10.6 Å². The fraction of sp³-hybridized carbons (Fsp3) is 0.640. The SMILES string of the molecule is CCCCNC(=O)C(c1ccccc1O)N(CC)C(=O)C(CC(C)C)NC(=O)OC(C)(C)C. The highest BCUT2D eigenvalue weighted by atomic mass is 16.6. The van der Waals surface area contributed by atoms with Crippen molar-refractivity contribution in [2.75, 3.05) is 13.1 Å². The average Bonchev–Trinajstić information content (AvgIpc) is 2.70. The van der Waals surface area contributed by atoms with E-state index < -0.39 is 29.7 Å². The number of carbonyl (C=O) groups excluding carboxylic acids is 3. The Morgan fingerprint density at radius 3 is 2.27 bits per heavy atom. The van der Waals surface area contributed by atoms with Crippen molar-refractivity contribution in [3.05, 3.63) is 29.8 Å². The van der Waals surface area contributed by atoms with E-state index >= 15 is 0 Å². The lowest BCUT2D eigenvalue weighted by molar-refractivity contribution is -0.142. The van der Waals surface area contributed by atoms with Gasteiger partial charge in [-0.05, 0) is 52.5 Å². The molecule has 0 saturated heterocycles. The van der Waals surface area contributed by atoms with E-state index in [1.165, 1.54) is 11.0 Å². The molecule has 2 unspecified atom stereocenters. The van der Waals surface area contributed by atoms with E-state index in [1.807, 2.05) is 20.8 Å². The lowest BCUT2D eigenvalue weighted by Crippen LogP contribution is -2.53. The smallest absolute Gasteiger partial charge is 0.408 e. The molecule has 8 nitrogen and oxygen atoms in total. The molecule has 0 heterocycles. The Morgan fingerprint density at radius 1 is 1.12 bits per heavy atom. The third-order valence-corrected chi connectivity index (χ3v) is 4.94. The molecule has 0 spiro atoms. The number of para-hydroxylation sites is 1. The highest BCUT2D eigenvalue weighted by Gasteiger charge is 2.36. The number of carbonyl (C=O) groups is 3. The number of phenolic OH excluding ortho intramolecular Hbond substituents is 1. The highest BCUT2D eigenvalue weighted by Crippen LogP contribution is 2.30. The number of alkyl carbamates (subject to hydrolysis) is 1. The number of nitrogens with one attached hydrogen (secondary N) is 2. The van der Waals surface area contributed by atoms with Crippen molar-refractivity contribution in [1.29, 1.82) is 0 Å². The second kappa shape index (κ2) is 13.1. The van der Waals surface area contributed by atoms with Crippen LogP contribution in [-0.4, -0.2) is 52.6 Å². The van der Waals surface area contributed by atoms with Gasteiger partial charge in [-0.1, -0.05) is 45.4 Å². The van der Waals surface area contributed by atoms with Crippen LogP contribution in [-0.2, 0) is 14.3 Å². The summed E-state index contributed by atoms with van der Waals surface area (Å²) in [5.41, 5.74) is -0.375. The van der Waals surface area contributed by atoms with Gasteiger partial charge in [-0.25, -0.2) is 4.79 Å². The Kier molecular flexibility index (Phi) is 11.2. The van der Waals surface area contributed by atoms with Crippen LogP contribution in [0.2, 0.25) is 0 Å². The van der Waals surface area contributed by atoms with Crippen molar-refractivity contribution in [2.45, 2.75) is 85.4 Å². The molecule has 1 rings (SSSR count). The molecule has 0 aliphatic carbocycles. The number of aromatic hydroxyl groups is 1. The van der Waals surface area contributed by atoms with Crippen molar-refractivity contribution < 1.29 is 24.2 Å². The molecule has 0 aliphatic heterocycles. The van der Waals surface area contributed by atoms with Gasteiger partial charge >= 0.3 is 6.09 Å². The Balaban J connectivity index is 3.31. The fourth-order valence-corrected chi connectivity index (χ4v) is 3.46. The van der Waals surface area contributed by atoms with Gasteiger partial charge in [0.2, 0.25) is 11.8 Å². The number of nitrogens with zero attached hydrogens (tertiary/aromatic N) is 1. The van der Waals surface area contributed by atoms with Gasteiger partial charge in [-0.2, -0.15) is 0 Å². The molecule has 2 atom stereocenters. The maximum Gasteiger partial charge on any atom is 0.408 e. The number of benzene rings is 1. The number of amides is 3. The molecule has 0 fully saturated rings. The van der Waals surface area contributed by atoms with E-state index in [4.69, 9.17) is 4.74 Å². The zero-order valence-electron chi connectivity index (χ0n) is 21.1. The molecule has 186 valence electrons. The summed E-state index contributed by atoms with van der Waals surface area (Å²) in [4.78, 5) is 40.7. The third-order valence-electron chi connectivity index (χ3n) is 4.94. The lowest BCUT2D eigenvalue weighted by atomic mass is 9.98. The average molecular weight is 464 g/mol. The summed E-state index contributed by atoms with van der Waals surface area (Å²) in [6.07, 6.45) is 1.40. The molecule has 0 aromatic heterocycles. The molecule has 8 heteroatoms. The van der Waals surface area contributed by atoms with E-state index in [0.717, 1.165) is 12.8 Å². The van der Waals surface area contributed by atoms with Gasteiger partial charge in [0, 0.05) is 18.7 Å². The second-order valence-corrected chi connectivity index (χ2v) is 9.56. The Labute approximate surface area is 198 Å². The van der Waals surface area contributed by atoms with Gasteiger partial charge in [-0.15, -0.1) is 0 Å². The van der Waals surface area contributed by atoms with Gasteiger partial charge in [0.05, 0.1) is 0 Å². The van der Waals surface area contributed by atoms with E-state index in [0.29, 0.717) is 18.5 Å². The summed E-state index contributed by atoms with van der Waals surface area (Å²) in [5, 5.41) is 16.0. The number of unbranched alkanes of at least 4 members (excludes halogenated alkanes) is 1. The number of phenols is 1. The predicted octanol–water partition coefficient (Wildman–Crippen LogP) is 4.14. The monoisotopic (exact) mass is 463 g/mol. The number of ether oxygens (including phenoxy) is 1. The topological polar surface area (TPSA) is 108 Å². The van der Waals surface area contributed by atoms with Crippen LogP contribution >= 0.6 is 0 Å². The quantitative estimate of drug-likeness (QED) is 0.428. The van der Waals surface area contributed by atoms with Crippen LogP contribution in [0.1, 0.15) is 79.3 Å². The van der Waals surface area contributed by atoms with Crippen molar-refractivity contribution in [3.8, 4) is 5.75 Å². The van der Waals surface area contributed by atoms with Gasteiger partial charge in [-0.3, -0.25) is 9.59 Å². The number of rotatable bonds is 11. The largest absolute Gasteiger partial charge is 0.508 e. The molecular formula is C25H41N3O5. The molecule has 0 saturated carbocycles. The molecule has 0 radical (unpaired) electrons. The number of hydrogen-bond donors (Lipinski definition) is 3. The summed E-state index contributed by atoms with van der Waals surface area (Å²) < 4.78 is 5.35. The first kappa shape index (κ1) is 28.3. The first-order chi connectivity index (χ1) is 15.4. The summed E-state index contributed by atoms with van der Waals surface area (Å²) >= 11 is 0. The molecule has 0 bridgehead atoms. The summed E-state index contributed by atoms with van der Waals surface area (Å²) in [5.74, 6) is -0.744. The van der Waals surface area contributed by atoms with Gasteiger partial charge in [0.25, 0.3) is 0 Å². The normalized spacial score (nSPS) is 13.2. The maximum atomic E-state index is 13.7. The lowest BCUT2D eigenvalue weighted by Gasteiger charge is -2.34. The number of likely N-dealkylation sites (N-methyl/N-ethyl adjacent to an activating group) is 1. The summed E-state index contributed by atoms with van der Waals surface area (Å²) in [7, 11) is 0. The fourth-order valence-electron chi connectivity index (χ4n) is 3.46. The van der Waals surface area contributed by atoms with Crippen LogP contribution in [0.3, 0.4) is 0 Å². The standard InChI is InChI=1S/C25H41N3O5/c1-8-10-15-26-22(30)21(18-13-11-12-14-20(18)29)28(9-2)23(31)19(16-17(3)4)27-24(32)33-25(5,6)7/h11-14,17,19,21,29H,8-10,15-16H2,1-7H3,(H,26,30)(H,27,32). The van der Waals surface area contributed by atoms with Crippen LogP contribution in [0.4, 0.5) is 4.79 Å². The highest BCUT2D eigenvalue weighted by molar-refractivity contribution is 5.92. The van der Waals surface area contributed by atoms with E-state index in [-0.39, 0.29) is 24.1 Å². The Hall–Kier alpha value is -2.77. The van der Waals surface area contributed by atoms with Crippen LogP contribution in [0.15, 0.2) is 24.3 Å². The van der Waals surface area contributed by atoms with Gasteiger partial charge in [0.15, 0.2) is 0 Å². The van der Waals surface area contributed by atoms with Crippen molar-refractivity contribution >= 4 is 17.9 Å². The molecule has 1 aromatic rings. The molecule has 33 heavy (non-hydrogen) atoms. The molecular weight excluding hydrogens is 422 g/mol. The van der Waals surface area contributed by atoms with Crippen LogP contribution in [0.5, 0.6) is 5.75 Å². The van der Waals surface area contributed by atoms with E-state index in [1.54, 1.807) is 45.9 Å². The van der Waals surface area contributed by atoms with Crippen LogP contribution in [0.25, 0.3) is 0 Å². The predicted molar refractivity (Wildman–Crippen MR) is 129 cm³/mol. The summed E-state index contributed by atoms with van der Waals surface area (Å²) in [6.45, 7) is 13.6. The minimum absolute atomic E-state index is 0.0695. The van der Waals surface area contributed by atoms with Crippen LogP contribution < -0.4 is 10.6 Å². The van der Waals surface area contributed by atoms with Crippen LogP contribution in [0, 0.1) is 5.92 Å². The minimum Gasteiger partial charge on any atom is -0.508 e.